The molecular weight excluding hydrogens is 398 g/mol. The number of methoxy groups -OCH3 is 1. The maximum absolute atomic E-state index is 12.9. The van der Waals surface area contributed by atoms with Crippen LogP contribution in [0.4, 0.5) is 4.79 Å². The number of para-hydroxylation sites is 1. The van der Waals surface area contributed by atoms with Crippen molar-refractivity contribution in [1.29, 1.82) is 0 Å². The Morgan fingerprint density at radius 2 is 2.26 bits per heavy atom. The number of nitrogens with zero attached hydrogens (tertiary/aromatic N) is 2. The van der Waals surface area contributed by atoms with Gasteiger partial charge in [0.2, 0.25) is 6.41 Å². The van der Waals surface area contributed by atoms with E-state index in [-0.39, 0.29) is 18.9 Å². The third-order valence-corrected chi connectivity index (χ3v) is 4.95. The third-order valence-electron chi connectivity index (χ3n) is 4.95. The van der Waals surface area contributed by atoms with Crippen molar-refractivity contribution in [2.45, 2.75) is 12.6 Å². The van der Waals surface area contributed by atoms with E-state index in [1.165, 1.54) is 0 Å². The topological polar surface area (TPSA) is 116 Å². The van der Waals surface area contributed by atoms with Crippen LogP contribution in [0.1, 0.15) is 21.5 Å². The van der Waals surface area contributed by atoms with Crippen molar-refractivity contribution in [3.05, 3.63) is 59.3 Å². The number of amides is 4. The van der Waals surface area contributed by atoms with Gasteiger partial charge in [0, 0.05) is 17.5 Å². The van der Waals surface area contributed by atoms with E-state index in [9.17, 15) is 14.4 Å². The highest BCUT2D eigenvalue weighted by Crippen LogP contribution is 2.26. The highest BCUT2D eigenvalue weighted by atomic mass is 16.5. The van der Waals surface area contributed by atoms with Gasteiger partial charge in [0.05, 0.1) is 30.9 Å². The van der Waals surface area contributed by atoms with Gasteiger partial charge in [-0.3, -0.25) is 20.0 Å². The maximum atomic E-state index is 12.9. The number of hydrogen-bond acceptors (Lipinski definition) is 5. The first kappa shape index (κ1) is 20.0. The van der Waals surface area contributed by atoms with Gasteiger partial charge in [0.25, 0.3) is 5.91 Å². The average Bonchev–Trinajstić information content (AvgIpc) is 3.37. The molecule has 0 aliphatic carbocycles. The zero-order chi connectivity index (χ0) is 21.8. The number of imide groups is 1. The van der Waals surface area contributed by atoms with Crippen LogP contribution in [0.5, 0.6) is 5.75 Å². The van der Waals surface area contributed by atoms with E-state index < -0.39 is 12.1 Å². The van der Waals surface area contributed by atoms with Gasteiger partial charge < -0.3 is 15.0 Å². The molecule has 1 aliphatic heterocycles. The lowest BCUT2D eigenvalue weighted by Gasteiger charge is -2.21. The van der Waals surface area contributed by atoms with Crippen molar-refractivity contribution in [1.82, 2.24) is 25.7 Å². The van der Waals surface area contributed by atoms with Crippen LogP contribution in [-0.4, -0.2) is 53.1 Å². The van der Waals surface area contributed by atoms with Gasteiger partial charge in [0.15, 0.2) is 0 Å². The fraction of sp³-hybridized carbons (Fsp3) is 0.182. The van der Waals surface area contributed by atoms with Crippen LogP contribution >= 0.6 is 0 Å². The minimum Gasteiger partial charge on any atom is -0.497 e. The number of fused-ring (bicyclic) bond motifs is 2. The Kier molecular flexibility index (Phi) is 5.53. The number of carbonyl (C=O) groups is 3. The molecule has 0 fully saturated rings. The first-order chi connectivity index (χ1) is 15.1. The fourth-order valence-electron chi connectivity index (χ4n) is 3.45. The second-order valence-corrected chi connectivity index (χ2v) is 6.91. The molecule has 1 aromatic heterocycles. The summed E-state index contributed by atoms with van der Waals surface area (Å²) in [4.78, 5) is 37.0. The third kappa shape index (κ3) is 4.18. The SMILES string of the molecule is COc1ccc2c(c1)C(=O)N(C[C@@H](C#Cc1cccc3cn[nH]c13)NC(=O)NC=O)C2. The summed E-state index contributed by atoms with van der Waals surface area (Å²) in [6.07, 6.45) is 1.98. The van der Waals surface area contributed by atoms with Crippen molar-refractivity contribution in [3.63, 3.8) is 0 Å². The standard InChI is InChI=1S/C22H19N5O4/c1-31-18-8-6-16-11-27(21(29)19(16)9-18)12-17(25-22(30)23-13-28)7-5-14-3-2-4-15-10-24-26-20(14)15/h2-4,6,8-10,13,17H,11-12H2,1H3,(H,24,26)(H2,23,25,28,30)/t17-/m1/s1. The fourth-order valence-corrected chi connectivity index (χ4v) is 3.45. The Morgan fingerprint density at radius 1 is 1.39 bits per heavy atom. The van der Waals surface area contributed by atoms with Crippen molar-refractivity contribution in [2.24, 2.45) is 0 Å². The highest BCUT2D eigenvalue weighted by Gasteiger charge is 2.29. The first-order valence-electron chi connectivity index (χ1n) is 9.49. The van der Waals surface area contributed by atoms with Crippen molar-refractivity contribution in [3.8, 4) is 17.6 Å². The summed E-state index contributed by atoms with van der Waals surface area (Å²) in [6, 6.07) is 9.54. The largest absolute Gasteiger partial charge is 0.497 e. The quantitative estimate of drug-likeness (QED) is 0.429. The van der Waals surface area contributed by atoms with Gasteiger partial charge in [-0.2, -0.15) is 5.10 Å². The molecular formula is C22H19N5O4. The second kappa shape index (κ2) is 8.59. The van der Waals surface area contributed by atoms with Gasteiger partial charge in [-0.15, -0.1) is 0 Å². The molecule has 0 radical (unpaired) electrons. The molecule has 2 heterocycles. The number of ether oxygens (including phenoxy) is 1. The molecule has 2 aromatic carbocycles. The molecule has 4 rings (SSSR count). The van der Waals surface area contributed by atoms with E-state index in [1.807, 2.05) is 29.6 Å². The molecule has 3 aromatic rings. The van der Waals surface area contributed by atoms with Gasteiger partial charge in [0.1, 0.15) is 11.8 Å². The van der Waals surface area contributed by atoms with Crippen molar-refractivity contribution >= 4 is 29.3 Å². The maximum Gasteiger partial charge on any atom is 0.322 e. The van der Waals surface area contributed by atoms with Crippen LogP contribution in [0.25, 0.3) is 10.9 Å². The number of aromatic amines is 1. The average molecular weight is 417 g/mol. The predicted molar refractivity (Wildman–Crippen MR) is 112 cm³/mol. The Balaban J connectivity index is 1.58. The lowest BCUT2D eigenvalue weighted by molar-refractivity contribution is -0.108. The van der Waals surface area contributed by atoms with Crippen molar-refractivity contribution < 1.29 is 19.1 Å². The summed E-state index contributed by atoms with van der Waals surface area (Å²) >= 11 is 0. The van der Waals surface area contributed by atoms with Crippen LogP contribution in [0.15, 0.2) is 42.6 Å². The number of carbonyl (C=O) groups excluding carboxylic acids is 3. The van der Waals surface area contributed by atoms with Crippen molar-refractivity contribution in [2.75, 3.05) is 13.7 Å². The van der Waals surface area contributed by atoms with Crippen LogP contribution in [0.2, 0.25) is 0 Å². The smallest absolute Gasteiger partial charge is 0.322 e. The number of hydrogen-bond donors (Lipinski definition) is 3. The van der Waals surface area contributed by atoms with Crippen LogP contribution in [0.3, 0.4) is 0 Å². The zero-order valence-electron chi connectivity index (χ0n) is 16.6. The molecule has 0 spiro atoms. The monoisotopic (exact) mass is 417 g/mol. The molecule has 9 nitrogen and oxygen atoms in total. The lowest BCUT2D eigenvalue weighted by atomic mass is 10.1. The molecule has 1 atom stereocenters. The van der Waals surface area contributed by atoms with E-state index in [4.69, 9.17) is 4.74 Å². The van der Waals surface area contributed by atoms with Crippen LogP contribution in [0, 0.1) is 11.8 Å². The molecule has 0 saturated carbocycles. The minimum absolute atomic E-state index is 0.147. The van der Waals surface area contributed by atoms with Crippen LogP contribution < -0.4 is 15.4 Å². The number of benzene rings is 2. The number of aromatic nitrogens is 2. The Bertz CT molecular complexity index is 1220. The number of urea groups is 1. The predicted octanol–water partition coefficient (Wildman–Crippen LogP) is 1.40. The van der Waals surface area contributed by atoms with E-state index in [0.29, 0.717) is 23.4 Å². The highest BCUT2D eigenvalue weighted by molar-refractivity contribution is 5.98. The van der Waals surface area contributed by atoms with Gasteiger partial charge in [-0.1, -0.05) is 30.0 Å². The number of H-pyrrole nitrogens is 1. The van der Waals surface area contributed by atoms with Crippen LogP contribution in [-0.2, 0) is 11.3 Å². The number of rotatable bonds is 5. The molecule has 3 N–H and O–H groups in total. The molecule has 0 unspecified atom stereocenters. The molecule has 9 heteroatoms. The molecule has 4 amide bonds. The summed E-state index contributed by atoms with van der Waals surface area (Å²) in [7, 11) is 1.54. The lowest BCUT2D eigenvalue weighted by Crippen LogP contribution is -2.46. The zero-order valence-corrected chi connectivity index (χ0v) is 16.6. The molecule has 31 heavy (non-hydrogen) atoms. The molecule has 156 valence electrons. The molecule has 0 saturated heterocycles. The Hall–Kier alpha value is -4.32. The first-order valence-corrected chi connectivity index (χ1v) is 9.49. The van der Waals surface area contributed by atoms with Gasteiger partial charge in [-0.05, 0) is 23.8 Å². The van der Waals surface area contributed by atoms with E-state index >= 15 is 0 Å². The second-order valence-electron chi connectivity index (χ2n) is 6.91. The normalized spacial score (nSPS) is 13.2. The van der Waals surface area contributed by atoms with E-state index in [1.54, 1.807) is 30.3 Å². The summed E-state index contributed by atoms with van der Waals surface area (Å²) in [5.74, 6) is 6.47. The summed E-state index contributed by atoms with van der Waals surface area (Å²) in [5.41, 5.74) is 2.92. The Morgan fingerprint density at radius 3 is 3.06 bits per heavy atom. The van der Waals surface area contributed by atoms with E-state index in [0.717, 1.165) is 16.5 Å². The van der Waals surface area contributed by atoms with Gasteiger partial charge in [-0.25, -0.2) is 4.79 Å². The molecule has 1 aliphatic rings. The van der Waals surface area contributed by atoms with E-state index in [2.05, 4.69) is 27.4 Å². The summed E-state index contributed by atoms with van der Waals surface area (Å²) in [5, 5.41) is 12.5. The summed E-state index contributed by atoms with van der Waals surface area (Å²) in [6.45, 7) is 0.539. The summed E-state index contributed by atoms with van der Waals surface area (Å²) < 4.78 is 5.20. The molecule has 0 bridgehead atoms. The minimum atomic E-state index is -0.710. The van der Waals surface area contributed by atoms with Gasteiger partial charge >= 0.3 is 6.03 Å². The number of nitrogens with one attached hydrogen (secondary N) is 3. The Labute approximate surface area is 177 Å².